The number of H-pyrrole nitrogens is 1. The van der Waals surface area contributed by atoms with E-state index in [9.17, 15) is 15.0 Å². The highest BCUT2D eigenvalue weighted by Crippen LogP contribution is 2.25. The molecule has 0 fully saturated rings. The van der Waals surface area contributed by atoms with Crippen LogP contribution in [0.3, 0.4) is 0 Å². The van der Waals surface area contributed by atoms with E-state index in [4.69, 9.17) is 0 Å². The van der Waals surface area contributed by atoms with Gasteiger partial charge in [-0.05, 0) is 49.6 Å². The van der Waals surface area contributed by atoms with E-state index in [2.05, 4.69) is 41.6 Å². The second-order valence-corrected chi connectivity index (χ2v) is 7.67. The number of hydrogen-bond donors (Lipinski definition) is 5. The molecule has 0 aliphatic heterocycles. The number of rotatable bonds is 7. The fraction of sp³-hybridized carbons (Fsp3) is 0.318. The molecule has 3 aromatic rings. The fourth-order valence-corrected chi connectivity index (χ4v) is 3.38. The van der Waals surface area contributed by atoms with Gasteiger partial charge < -0.3 is 25.8 Å². The summed E-state index contributed by atoms with van der Waals surface area (Å²) in [5.41, 5.74) is 2.81. The molecular weight excluding hydrogens is 354 g/mol. The molecule has 1 unspecified atom stereocenters. The number of para-hydroxylation sites is 1. The first-order valence-corrected chi connectivity index (χ1v) is 9.34. The van der Waals surface area contributed by atoms with Crippen molar-refractivity contribution < 1.29 is 15.0 Å². The third-order valence-corrected chi connectivity index (χ3v) is 4.96. The van der Waals surface area contributed by atoms with Crippen molar-refractivity contribution in [3.63, 3.8) is 0 Å². The average Bonchev–Trinajstić information content (AvgIpc) is 3.08. The molecule has 148 valence electrons. The number of aliphatic hydroxyl groups excluding tert-OH is 1. The number of phenols is 1. The van der Waals surface area contributed by atoms with Crippen molar-refractivity contribution in [2.75, 3.05) is 13.6 Å². The highest BCUT2D eigenvalue weighted by molar-refractivity contribution is 5.96. The largest absolute Gasteiger partial charge is 0.507 e. The molecule has 1 heterocycles. The molecule has 1 atom stereocenters. The number of carbonyl (C=O) groups excluding carboxylic acids is 1. The van der Waals surface area contributed by atoms with Crippen LogP contribution in [0.4, 0.5) is 0 Å². The molecule has 0 saturated carbocycles. The van der Waals surface area contributed by atoms with Gasteiger partial charge in [-0.3, -0.25) is 4.79 Å². The summed E-state index contributed by atoms with van der Waals surface area (Å²) in [4.78, 5) is 15.1. The zero-order valence-corrected chi connectivity index (χ0v) is 16.4. The van der Waals surface area contributed by atoms with Crippen LogP contribution in [0.15, 0.2) is 48.7 Å². The number of phenolic OH excluding ortho intramolecular Hbond substituents is 1. The summed E-state index contributed by atoms with van der Waals surface area (Å²) >= 11 is 0. The molecule has 2 aromatic carbocycles. The van der Waals surface area contributed by atoms with E-state index in [0.717, 1.165) is 11.9 Å². The van der Waals surface area contributed by atoms with Gasteiger partial charge in [0.25, 0.3) is 5.91 Å². The third kappa shape index (κ3) is 4.35. The van der Waals surface area contributed by atoms with Gasteiger partial charge in [0, 0.05) is 36.2 Å². The maximum atomic E-state index is 11.8. The number of aromatic nitrogens is 1. The number of aromatic hydroxyl groups is 1. The minimum Gasteiger partial charge on any atom is -0.507 e. The lowest BCUT2D eigenvalue weighted by Crippen LogP contribution is -2.43. The van der Waals surface area contributed by atoms with Crippen molar-refractivity contribution in [2.24, 2.45) is 0 Å². The van der Waals surface area contributed by atoms with E-state index in [-0.39, 0.29) is 22.8 Å². The van der Waals surface area contributed by atoms with E-state index < -0.39 is 6.10 Å². The molecule has 1 amide bonds. The predicted octanol–water partition coefficient (Wildman–Crippen LogP) is 2.88. The Morgan fingerprint density at radius 1 is 1.21 bits per heavy atom. The van der Waals surface area contributed by atoms with Crippen LogP contribution in [0.25, 0.3) is 10.9 Å². The van der Waals surface area contributed by atoms with E-state index in [1.165, 1.54) is 30.1 Å². The zero-order chi connectivity index (χ0) is 20.3. The smallest absolute Gasteiger partial charge is 0.254 e. The van der Waals surface area contributed by atoms with Crippen LogP contribution in [0.5, 0.6) is 5.75 Å². The molecule has 1 aromatic heterocycles. The zero-order valence-electron chi connectivity index (χ0n) is 16.4. The molecule has 5 N–H and O–H groups in total. The minimum atomic E-state index is -0.800. The second-order valence-electron chi connectivity index (χ2n) is 7.67. The Morgan fingerprint density at radius 2 is 1.96 bits per heavy atom. The predicted molar refractivity (Wildman–Crippen MR) is 111 cm³/mol. The molecule has 0 bridgehead atoms. The van der Waals surface area contributed by atoms with Crippen LogP contribution in [0.1, 0.15) is 41.4 Å². The lowest BCUT2D eigenvalue weighted by Gasteiger charge is -2.28. The maximum absolute atomic E-state index is 11.8. The summed E-state index contributed by atoms with van der Waals surface area (Å²) in [6.45, 7) is 4.51. The molecule has 6 heteroatoms. The lowest BCUT2D eigenvalue weighted by atomic mass is 9.94. The Morgan fingerprint density at radius 3 is 2.71 bits per heavy atom. The highest BCUT2D eigenvalue weighted by atomic mass is 16.3. The SMILES string of the molecule is CNC(=O)c1cc(C(O)CNC(C)(C)Cc2c[nH]c3ccccc23)ccc1O. The van der Waals surface area contributed by atoms with Gasteiger partial charge in [-0.25, -0.2) is 0 Å². The average molecular weight is 381 g/mol. The van der Waals surface area contributed by atoms with E-state index >= 15 is 0 Å². The molecule has 0 aliphatic rings. The van der Waals surface area contributed by atoms with Gasteiger partial charge in [-0.1, -0.05) is 24.3 Å². The topological polar surface area (TPSA) is 97.4 Å². The van der Waals surface area contributed by atoms with Gasteiger partial charge in [-0.2, -0.15) is 0 Å². The molecule has 3 rings (SSSR count). The molecule has 6 nitrogen and oxygen atoms in total. The Balaban J connectivity index is 1.68. The van der Waals surface area contributed by atoms with Crippen LogP contribution in [-0.4, -0.2) is 40.2 Å². The van der Waals surface area contributed by atoms with E-state index in [1.807, 2.05) is 18.3 Å². The van der Waals surface area contributed by atoms with Crippen LogP contribution in [0.2, 0.25) is 0 Å². The first-order valence-electron chi connectivity index (χ1n) is 9.34. The first-order chi connectivity index (χ1) is 13.3. The number of benzene rings is 2. The molecule has 0 saturated heterocycles. The van der Waals surface area contributed by atoms with Crippen molar-refractivity contribution >= 4 is 16.8 Å². The number of hydrogen-bond acceptors (Lipinski definition) is 4. The molecular formula is C22H27N3O3. The maximum Gasteiger partial charge on any atom is 0.254 e. The third-order valence-electron chi connectivity index (χ3n) is 4.96. The number of β-amino-alcohol motifs (C(OH)–C–C–N with tert-alkyl or cyclic N) is 1. The van der Waals surface area contributed by atoms with Crippen LogP contribution >= 0.6 is 0 Å². The molecule has 0 spiro atoms. The summed E-state index contributed by atoms with van der Waals surface area (Å²) in [6.07, 6.45) is 2.02. The van der Waals surface area contributed by atoms with Crippen LogP contribution in [0, 0.1) is 0 Å². The Hall–Kier alpha value is -2.83. The molecule has 0 aliphatic carbocycles. The van der Waals surface area contributed by atoms with Crippen molar-refractivity contribution in [3.05, 3.63) is 65.4 Å². The van der Waals surface area contributed by atoms with Crippen molar-refractivity contribution in [2.45, 2.75) is 31.9 Å². The van der Waals surface area contributed by atoms with Gasteiger partial charge >= 0.3 is 0 Å². The van der Waals surface area contributed by atoms with E-state index in [0.29, 0.717) is 12.1 Å². The number of carbonyl (C=O) groups is 1. The van der Waals surface area contributed by atoms with E-state index in [1.54, 1.807) is 6.07 Å². The van der Waals surface area contributed by atoms with Gasteiger partial charge in [0.2, 0.25) is 0 Å². The van der Waals surface area contributed by atoms with Gasteiger partial charge in [0.1, 0.15) is 5.75 Å². The highest BCUT2D eigenvalue weighted by Gasteiger charge is 2.22. The van der Waals surface area contributed by atoms with Crippen molar-refractivity contribution in [1.82, 2.24) is 15.6 Å². The monoisotopic (exact) mass is 381 g/mol. The minimum absolute atomic E-state index is 0.108. The summed E-state index contributed by atoms with van der Waals surface area (Å²) in [5.74, 6) is -0.498. The number of fused-ring (bicyclic) bond motifs is 1. The Bertz CT molecular complexity index is 978. The second kappa shape index (κ2) is 8.04. The summed E-state index contributed by atoms with van der Waals surface area (Å²) in [7, 11) is 1.50. The van der Waals surface area contributed by atoms with Gasteiger partial charge in [0.15, 0.2) is 0 Å². The number of amides is 1. The summed E-state index contributed by atoms with van der Waals surface area (Å²) in [5, 5.41) is 27.5. The Labute approximate surface area is 164 Å². The quantitative estimate of drug-likeness (QED) is 0.435. The number of nitrogens with one attached hydrogen (secondary N) is 3. The number of aromatic amines is 1. The number of aliphatic hydroxyl groups is 1. The van der Waals surface area contributed by atoms with Gasteiger partial charge in [0.05, 0.1) is 11.7 Å². The lowest BCUT2D eigenvalue weighted by molar-refractivity contribution is 0.0960. The standard InChI is InChI=1S/C22H27N3O3/c1-22(2,11-15-12-24-18-7-5-4-6-16(15)18)25-13-20(27)14-8-9-19(26)17(10-14)21(28)23-3/h4-10,12,20,24-27H,11,13H2,1-3H3,(H,23,28). The fourth-order valence-electron chi connectivity index (χ4n) is 3.38. The van der Waals surface area contributed by atoms with Crippen molar-refractivity contribution in [3.8, 4) is 5.75 Å². The normalized spacial score (nSPS) is 12.9. The first kappa shape index (κ1) is 19.9. The summed E-state index contributed by atoms with van der Waals surface area (Å²) < 4.78 is 0. The van der Waals surface area contributed by atoms with Crippen LogP contribution in [-0.2, 0) is 6.42 Å². The molecule has 28 heavy (non-hydrogen) atoms. The molecule has 0 radical (unpaired) electrons. The van der Waals surface area contributed by atoms with Gasteiger partial charge in [-0.15, -0.1) is 0 Å². The van der Waals surface area contributed by atoms with Crippen LogP contribution < -0.4 is 10.6 Å². The Kier molecular flexibility index (Phi) is 5.72. The van der Waals surface area contributed by atoms with Crippen molar-refractivity contribution in [1.29, 1.82) is 0 Å². The summed E-state index contributed by atoms with van der Waals surface area (Å²) in [6, 6.07) is 12.8.